The van der Waals surface area contributed by atoms with Gasteiger partial charge in [-0.15, -0.1) is 6.58 Å². The highest BCUT2D eigenvalue weighted by atomic mass is 16.5. The fourth-order valence-corrected chi connectivity index (χ4v) is 2.26. The summed E-state index contributed by atoms with van der Waals surface area (Å²) < 4.78 is 7.60. The second-order valence-electron chi connectivity index (χ2n) is 4.89. The Morgan fingerprint density at radius 2 is 2.00 bits per heavy atom. The average molecular weight is 285 g/mol. The van der Waals surface area contributed by atoms with E-state index in [0.717, 1.165) is 42.3 Å². The van der Waals surface area contributed by atoms with E-state index in [-0.39, 0.29) is 0 Å². The van der Waals surface area contributed by atoms with E-state index in [9.17, 15) is 0 Å². The van der Waals surface area contributed by atoms with Crippen molar-refractivity contribution >= 4 is 5.82 Å². The summed E-state index contributed by atoms with van der Waals surface area (Å²) in [7, 11) is 0. The van der Waals surface area contributed by atoms with Crippen molar-refractivity contribution in [3.8, 4) is 17.0 Å². The first-order valence-corrected chi connectivity index (χ1v) is 7.40. The van der Waals surface area contributed by atoms with Crippen LogP contribution in [0.4, 0.5) is 5.82 Å². The molecule has 4 heteroatoms. The molecule has 0 unspecified atom stereocenters. The van der Waals surface area contributed by atoms with Gasteiger partial charge in [0, 0.05) is 18.5 Å². The highest BCUT2D eigenvalue weighted by Gasteiger charge is 2.14. The summed E-state index contributed by atoms with van der Waals surface area (Å²) in [6, 6.07) is 7.92. The molecule has 0 bridgehead atoms. The van der Waals surface area contributed by atoms with Crippen LogP contribution in [0, 0.1) is 0 Å². The van der Waals surface area contributed by atoms with Gasteiger partial charge in [-0.05, 0) is 30.7 Å². The maximum Gasteiger partial charge on any atom is 0.132 e. The van der Waals surface area contributed by atoms with Gasteiger partial charge in [0.15, 0.2) is 0 Å². The maximum atomic E-state index is 6.24. The van der Waals surface area contributed by atoms with Gasteiger partial charge in [0.1, 0.15) is 23.1 Å². The Labute approximate surface area is 126 Å². The predicted octanol–water partition coefficient (Wildman–Crippen LogP) is 3.67. The number of nitrogen functional groups attached to an aromatic ring is 1. The molecule has 2 N–H and O–H groups in total. The monoisotopic (exact) mass is 285 g/mol. The second kappa shape index (κ2) is 6.97. The summed E-state index contributed by atoms with van der Waals surface area (Å²) in [5.41, 5.74) is 8.08. The van der Waals surface area contributed by atoms with Gasteiger partial charge in [0.25, 0.3) is 0 Å². The molecule has 0 spiro atoms. The molecule has 2 aromatic rings. The number of hydrogen-bond acceptors (Lipinski definition) is 3. The van der Waals surface area contributed by atoms with Crippen LogP contribution < -0.4 is 10.5 Å². The lowest BCUT2D eigenvalue weighted by Crippen LogP contribution is -2.05. The highest BCUT2D eigenvalue weighted by Crippen LogP contribution is 2.28. The molecule has 1 aromatic carbocycles. The van der Waals surface area contributed by atoms with Gasteiger partial charge in [-0.2, -0.15) is 0 Å². The average Bonchev–Trinajstić information content (AvgIpc) is 2.83. The lowest BCUT2D eigenvalue weighted by molar-refractivity contribution is 0.317. The third-order valence-corrected chi connectivity index (χ3v) is 3.31. The lowest BCUT2D eigenvalue weighted by atomic mass is 10.1. The third-order valence-electron chi connectivity index (χ3n) is 3.31. The standard InChI is InChI=1S/C17H23N3O/c1-4-11-20-15(6-3)19-16(17(20)18)13-7-9-14(10-8-13)21-12-5-2/h4,7-10H,1,5-6,11-12,18H2,2-3H3. The van der Waals surface area contributed by atoms with E-state index in [0.29, 0.717) is 12.4 Å². The van der Waals surface area contributed by atoms with Crippen LogP contribution in [0.1, 0.15) is 26.1 Å². The molecule has 0 radical (unpaired) electrons. The summed E-state index contributed by atoms with van der Waals surface area (Å²) in [5.74, 6) is 2.54. The third kappa shape index (κ3) is 3.27. The Balaban J connectivity index is 2.31. The van der Waals surface area contributed by atoms with Crippen LogP contribution in [0.5, 0.6) is 5.75 Å². The smallest absolute Gasteiger partial charge is 0.132 e. The van der Waals surface area contributed by atoms with Gasteiger partial charge in [0.2, 0.25) is 0 Å². The second-order valence-corrected chi connectivity index (χ2v) is 4.89. The number of aromatic nitrogens is 2. The molecule has 0 saturated carbocycles. The molecule has 1 heterocycles. The van der Waals surface area contributed by atoms with E-state index in [2.05, 4.69) is 25.4 Å². The molecule has 1 aromatic heterocycles. The summed E-state index contributed by atoms with van der Waals surface area (Å²) >= 11 is 0. The number of nitrogens with two attached hydrogens (primary N) is 1. The van der Waals surface area contributed by atoms with Crippen LogP contribution in [0.2, 0.25) is 0 Å². The van der Waals surface area contributed by atoms with Crippen LogP contribution in [-0.4, -0.2) is 16.2 Å². The fraction of sp³-hybridized carbons (Fsp3) is 0.353. The first-order valence-electron chi connectivity index (χ1n) is 7.40. The number of anilines is 1. The topological polar surface area (TPSA) is 53.1 Å². The van der Waals surface area contributed by atoms with Gasteiger partial charge >= 0.3 is 0 Å². The Hall–Kier alpha value is -2.23. The molecule has 2 rings (SSSR count). The van der Waals surface area contributed by atoms with Gasteiger partial charge < -0.3 is 15.0 Å². The SMILES string of the molecule is C=CCn1c(CC)nc(-c2ccc(OCCC)cc2)c1N. The normalized spacial score (nSPS) is 10.6. The molecular formula is C17H23N3O. The number of allylic oxidation sites excluding steroid dienone is 1. The van der Waals surface area contributed by atoms with Crippen molar-refractivity contribution in [1.29, 1.82) is 0 Å². The summed E-state index contributed by atoms with van der Waals surface area (Å²) in [6.45, 7) is 9.35. The number of benzene rings is 1. The largest absolute Gasteiger partial charge is 0.494 e. The molecule has 4 nitrogen and oxygen atoms in total. The van der Waals surface area contributed by atoms with Crippen LogP contribution in [-0.2, 0) is 13.0 Å². The van der Waals surface area contributed by atoms with Crippen molar-refractivity contribution in [2.24, 2.45) is 0 Å². The minimum Gasteiger partial charge on any atom is -0.494 e. The zero-order chi connectivity index (χ0) is 15.2. The van der Waals surface area contributed by atoms with Gasteiger partial charge in [-0.1, -0.05) is 19.9 Å². The van der Waals surface area contributed by atoms with Crippen LogP contribution >= 0.6 is 0 Å². The van der Waals surface area contributed by atoms with Crippen LogP contribution in [0.15, 0.2) is 36.9 Å². The molecule has 21 heavy (non-hydrogen) atoms. The number of rotatable bonds is 7. The molecule has 0 amide bonds. The van der Waals surface area contributed by atoms with Crippen molar-refractivity contribution in [2.45, 2.75) is 33.2 Å². The van der Waals surface area contributed by atoms with E-state index < -0.39 is 0 Å². The van der Waals surface area contributed by atoms with Crippen molar-refractivity contribution in [2.75, 3.05) is 12.3 Å². The van der Waals surface area contributed by atoms with Crippen LogP contribution in [0.25, 0.3) is 11.3 Å². The van der Waals surface area contributed by atoms with E-state index >= 15 is 0 Å². The van der Waals surface area contributed by atoms with E-state index in [4.69, 9.17) is 10.5 Å². The summed E-state index contributed by atoms with van der Waals surface area (Å²) in [6.07, 6.45) is 3.68. The lowest BCUT2D eigenvalue weighted by Gasteiger charge is -2.06. The summed E-state index contributed by atoms with van der Waals surface area (Å²) in [4.78, 5) is 4.66. The maximum absolute atomic E-state index is 6.24. The fourth-order valence-electron chi connectivity index (χ4n) is 2.26. The molecule has 0 aliphatic rings. The van der Waals surface area contributed by atoms with Gasteiger partial charge in [0.05, 0.1) is 6.61 Å². The Morgan fingerprint density at radius 3 is 2.57 bits per heavy atom. The number of hydrogen-bond donors (Lipinski definition) is 1. The number of nitrogens with zero attached hydrogens (tertiary/aromatic N) is 2. The van der Waals surface area contributed by atoms with E-state index in [1.54, 1.807) is 0 Å². The highest BCUT2D eigenvalue weighted by molar-refractivity contribution is 5.71. The van der Waals surface area contributed by atoms with Gasteiger partial charge in [-0.3, -0.25) is 0 Å². The first-order chi connectivity index (χ1) is 10.2. The molecule has 112 valence electrons. The zero-order valence-corrected chi connectivity index (χ0v) is 12.8. The molecule has 0 fully saturated rings. The van der Waals surface area contributed by atoms with Crippen molar-refractivity contribution in [3.05, 3.63) is 42.7 Å². The molecular weight excluding hydrogens is 262 g/mol. The van der Waals surface area contributed by atoms with E-state index in [1.807, 2.05) is 34.9 Å². The quantitative estimate of drug-likeness (QED) is 0.790. The predicted molar refractivity (Wildman–Crippen MR) is 87.4 cm³/mol. The minimum atomic E-state index is 0.680. The molecule has 0 aliphatic carbocycles. The summed E-state index contributed by atoms with van der Waals surface area (Å²) in [5, 5.41) is 0. The molecule has 0 aliphatic heterocycles. The molecule has 0 atom stereocenters. The van der Waals surface area contributed by atoms with Gasteiger partial charge in [-0.25, -0.2) is 4.98 Å². The Bertz CT molecular complexity index is 599. The number of aryl methyl sites for hydroxylation is 1. The van der Waals surface area contributed by atoms with Crippen molar-refractivity contribution < 1.29 is 4.74 Å². The first kappa shape index (κ1) is 15.2. The molecule has 0 saturated heterocycles. The van der Waals surface area contributed by atoms with E-state index in [1.165, 1.54) is 0 Å². The number of imidazole rings is 1. The number of ether oxygens (including phenoxy) is 1. The Kier molecular flexibility index (Phi) is 5.04. The minimum absolute atomic E-state index is 0.680. The van der Waals surface area contributed by atoms with Crippen molar-refractivity contribution in [3.63, 3.8) is 0 Å². The van der Waals surface area contributed by atoms with Crippen LogP contribution in [0.3, 0.4) is 0 Å². The van der Waals surface area contributed by atoms with Crippen molar-refractivity contribution in [1.82, 2.24) is 9.55 Å². The zero-order valence-electron chi connectivity index (χ0n) is 12.8. The Morgan fingerprint density at radius 1 is 1.29 bits per heavy atom.